The van der Waals surface area contributed by atoms with Gasteiger partial charge in [0.25, 0.3) is 5.91 Å². The van der Waals surface area contributed by atoms with Crippen LogP contribution in [0.3, 0.4) is 0 Å². The Morgan fingerprint density at radius 2 is 1.94 bits per heavy atom. The lowest BCUT2D eigenvalue weighted by molar-refractivity contribution is 0.0944. The quantitative estimate of drug-likeness (QED) is 0.431. The molecule has 0 unspecified atom stereocenters. The SMILES string of the molecule is Cc1cn2c(C(=O)NCc3ccc(-c4ccc(OC(C)C)cc4)c(F)c3)c(C)nc2s1. The van der Waals surface area contributed by atoms with E-state index in [0.717, 1.165) is 21.2 Å². The van der Waals surface area contributed by atoms with Gasteiger partial charge in [-0.25, -0.2) is 9.37 Å². The monoisotopic (exact) mass is 437 g/mol. The fourth-order valence-electron chi connectivity index (χ4n) is 3.49. The van der Waals surface area contributed by atoms with Crippen LogP contribution in [0.15, 0.2) is 48.7 Å². The molecule has 5 nitrogen and oxygen atoms in total. The van der Waals surface area contributed by atoms with Gasteiger partial charge < -0.3 is 10.1 Å². The van der Waals surface area contributed by atoms with E-state index in [1.54, 1.807) is 10.5 Å². The van der Waals surface area contributed by atoms with Crippen molar-refractivity contribution in [3.63, 3.8) is 0 Å². The van der Waals surface area contributed by atoms with Crippen molar-refractivity contribution in [3.05, 3.63) is 76.3 Å². The lowest BCUT2D eigenvalue weighted by atomic mass is 10.0. The summed E-state index contributed by atoms with van der Waals surface area (Å²) >= 11 is 1.54. The zero-order chi connectivity index (χ0) is 22.1. The normalized spacial score (nSPS) is 11.3. The number of carbonyl (C=O) groups excluding carboxylic acids is 1. The number of aryl methyl sites for hydroxylation is 2. The third-order valence-electron chi connectivity index (χ3n) is 4.85. The topological polar surface area (TPSA) is 55.6 Å². The largest absolute Gasteiger partial charge is 0.491 e. The zero-order valence-electron chi connectivity index (χ0n) is 17.9. The first kappa shape index (κ1) is 21.1. The molecular weight excluding hydrogens is 413 g/mol. The highest BCUT2D eigenvalue weighted by atomic mass is 32.1. The number of ether oxygens (including phenoxy) is 1. The molecule has 2 heterocycles. The molecule has 0 fully saturated rings. The van der Waals surface area contributed by atoms with Gasteiger partial charge in [0.2, 0.25) is 0 Å². The summed E-state index contributed by atoms with van der Waals surface area (Å²) in [6.45, 7) is 7.95. The molecule has 0 aliphatic heterocycles. The van der Waals surface area contributed by atoms with E-state index >= 15 is 0 Å². The minimum absolute atomic E-state index is 0.0864. The second-order valence-corrected chi connectivity index (χ2v) is 8.94. The number of halogens is 1. The molecule has 1 amide bonds. The van der Waals surface area contributed by atoms with Crippen LogP contribution < -0.4 is 10.1 Å². The molecule has 160 valence electrons. The molecule has 0 saturated heterocycles. The van der Waals surface area contributed by atoms with E-state index in [-0.39, 0.29) is 24.4 Å². The van der Waals surface area contributed by atoms with Crippen LogP contribution >= 0.6 is 11.3 Å². The van der Waals surface area contributed by atoms with Crippen molar-refractivity contribution >= 4 is 22.2 Å². The lowest BCUT2D eigenvalue weighted by Crippen LogP contribution is -2.24. The Kier molecular flexibility index (Phi) is 5.78. The van der Waals surface area contributed by atoms with Crippen molar-refractivity contribution in [2.45, 2.75) is 40.3 Å². The lowest BCUT2D eigenvalue weighted by Gasteiger charge is -2.11. The Hall–Kier alpha value is -3.19. The molecule has 2 aromatic heterocycles. The number of nitrogens with one attached hydrogen (secondary N) is 1. The summed E-state index contributed by atoms with van der Waals surface area (Å²) in [4.78, 5) is 19.0. The molecule has 0 atom stereocenters. The van der Waals surface area contributed by atoms with Crippen LogP contribution in [-0.4, -0.2) is 21.4 Å². The van der Waals surface area contributed by atoms with Crippen LogP contribution in [0, 0.1) is 19.7 Å². The molecule has 4 aromatic rings. The maximum atomic E-state index is 14.8. The second kappa shape index (κ2) is 8.51. The average molecular weight is 438 g/mol. The highest BCUT2D eigenvalue weighted by Gasteiger charge is 2.18. The van der Waals surface area contributed by atoms with Gasteiger partial charge in [-0.1, -0.05) is 24.3 Å². The minimum atomic E-state index is -0.333. The van der Waals surface area contributed by atoms with Crippen molar-refractivity contribution in [1.82, 2.24) is 14.7 Å². The number of benzene rings is 2. The van der Waals surface area contributed by atoms with Crippen LogP contribution in [-0.2, 0) is 6.54 Å². The van der Waals surface area contributed by atoms with Crippen LogP contribution in [0.25, 0.3) is 16.1 Å². The van der Waals surface area contributed by atoms with Crippen LogP contribution in [0.5, 0.6) is 5.75 Å². The van der Waals surface area contributed by atoms with E-state index < -0.39 is 0 Å². The summed E-state index contributed by atoms with van der Waals surface area (Å²) in [5.74, 6) is 0.192. The Morgan fingerprint density at radius 3 is 2.61 bits per heavy atom. The summed E-state index contributed by atoms with van der Waals surface area (Å²) < 4.78 is 22.2. The van der Waals surface area contributed by atoms with Gasteiger partial charge in [-0.15, -0.1) is 11.3 Å². The molecule has 4 rings (SSSR count). The molecule has 2 aromatic carbocycles. The number of hydrogen-bond donors (Lipinski definition) is 1. The van der Waals surface area contributed by atoms with E-state index in [2.05, 4.69) is 10.3 Å². The predicted octanol–water partition coefficient (Wildman–Crippen LogP) is 5.54. The fraction of sp³-hybridized carbons (Fsp3) is 0.250. The summed E-state index contributed by atoms with van der Waals surface area (Å²) in [5.41, 5.74) is 3.16. The van der Waals surface area contributed by atoms with Crippen molar-refractivity contribution in [1.29, 1.82) is 0 Å². The first-order valence-corrected chi connectivity index (χ1v) is 10.9. The summed E-state index contributed by atoms with van der Waals surface area (Å²) in [6, 6.07) is 12.4. The first-order chi connectivity index (χ1) is 14.8. The Bertz CT molecular complexity index is 1240. The van der Waals surface area contributed by atoms with Gasteiger partial charge in [0, 0.05) is 23.2 Å². The molecular formula is C24H24FN3O2S. The van der Waals surface area contributed by atoms with Crippen LogP contribution in [0.4, 0.5) is 4.39 Å². The number of carbonyl (C=O) groups is 1. The van der Waals surface area contributed by atoms with Crippen molar-refractivity contribution in [2.75, 3.05) is 0 Å². The highest BCUT2D eigenvalue weighted by molar-refractivity contribution is 7.17. The van der Waals surface area contributed by atoms with Crippen molar-refractivity contribution in [3.8, 4) is 16.9 Å². The molecule has 0 radical (unpaired) electrons. The van der Waals surface area contributed by atoms with Gasteiger partial charge in [0.15, 0.2) is 4.96 Å². The first-order valence-electron chi connectivity index (χ1n) is 10.1. The molecule has 0 aliphatic carbocycles. The van der Waals surface area contributed by atoms with Crippen molar-refractivity contribution in [2.24, 2.45) is 0 Å². The van der Waals surface area contributed by atoms with Gasteiger partial charge in [-0.3, -0.25) is 9.20 Å². The highest BCUT2D eigenvalue weighted by Crippen LogP contribution is 2.26. The van der Waals surface area contributed by atoms with E-state index in [9.17, 15) is 9.18 Å². The zero-order valence-corrected chi connectivity index (χ0v) is 18.7. The number of thiazole rings is 1. The fourth-order valence-corrected chi connectivity index (χ4v) is 4.36. The number of fused-ring (bicyclic) bond motifs is 1. The molecule has 0 saturated carbocycles. The molecule has 31 heavy (non-hydrogen) atoms. The molecule has 0 aliphatic rings. The number of amides is 1. The number of imidazole rings is 1. The number of rotatable bonds is 6. The number of hydrogen-bond acceptors (Lipinski definition) is 4. The molecule has 0 bridgehead atoms. The van der Waals surface area contributed by atoms with Crippen LogP contribution in [0.2, 0.25) is 0 Å². The van der Waals surface area contributed by atoms with Gasteiger partial charge in [-0.2, -0.15) is 0 Å². The Labute approximate surface area is 184 Å². The van der Waals surface area contributed by atoms with E-state index in [0.29, 0.717) is 22.5 Å². The number of nitrogens with zero attached hydrogens (tertiary/aromatic N) is 2. The summed E-state index contributed by atoms with van der Waals surface area (Å²) in [5, 5.41) is 2.88. The summed E-state index contributed by atoms with van der Waals surface area (Å²) in [6.07, 6.45) is 1.99. The van der Waals surface area contributed by atoms with Gasteiger partial charge in [0.1, 0.15) is 17.3 Å². The van der Waals surface area contributed by atoms with Gasteiger partial charge in [-0.05, 0) is 57.0 Å². The third-order valence-corrected chi connectivity index (χ3v) is 5.75. The van der Waals surface area contributed by atoms with Gasteiger partial charge >= 0.3 is 0 Å². The van der Waals surface area contributed by atoms with Crippen LogP contribution in [0.1, 0.15) is 40.5 Å². The van der Waals surface area contributed by atoms with Gasteiger partial charge in [0.05, 0.1) is 11.8 Å². The van der Waals surface area contributed by atoms with E-state index in [1.165, 1.54) is 17.4 Å². The van der Waals surface area contributed by atoms with Crippen molar-refractivity contribution < 1.29 is 13.9 Å². The second-order valence-electron chi connectivity index (χ2n) is 7.73. The molecule has 7 heteroatoms. The molecule has 0 spiro atoms. The maximum Gasteiger partial charge on any atom is 0.270 e. The van der Waals surface area contributed by atoms with E-state index in [1.807, 2.05) is 64.2 Å². The predicted molar refractivity (Wildman–Crippen MR) is 121 cm³/mol. The standard InChI is InChI=1S/C24H24FN3O2S/c1-14(2)30-19-8-6-18(7-9-19)20-10-5-17(11-21(20)25)12-26-23(29)22-16(4)27-24-28(22)13-15(3)31-24/h5-11,13-14H,12H2,1-4H3,(H,26,29). The summed E-state index contributed by atoms with van der Waals surface area (Å²) in [7, 11) is 0. The third kappa shape index (κ3) is 4.46. The molecule has 1 N–H and O–H groups in total. The maximum absolute atomic E-state index is 14.8. The average Bonchev–Trinajstić information content (AvgIpc) is 3.20. The Balaban J connectivity index is 1.47. The minimum Gasteiger partial charge on any atom is -0.491 e. The van der Waals surface area contributed by atoms with E-state index in [4.69, 9.17) is 4.74 Å². The Morgan fingerprint density at radius 1 is 1.19 bits per heavy atom. The smallest absolute Gasteiger partial charge is 0.270 e. The number of aromatic nitrogens is 2.